The molecule has 2 unspecified atom stereocenters. The van der Waals surface area contributed by atoms with Crippen molar-refractivity contribution in [1.29, 1.82) is 0 Å². The van der Waals surface area contributed by atoms with Gasteiger partial charge in [-0.05, 0) is 77.0 Å². The molecule has 3 N–H and O–H groups in total. The Morgan fingerprint density at radius 2 is 0.712 bits per heavy atom. The van der Waals surface area contributed by atoms with E-state index in [1.807, 2.05) is 0 Å². The molecule has 0 fully saturated rings. The molecule has 390 valence electrons. The summed E-state index contributed by atoms with van der Waals surface area (Å²) in [5.41, 5.74) is 0. The molecular weight excluding hydrogens is 815 g/mol. The van der Waals surface area contributed by atoms with Gasteiger partial charge in [0.15, 0.2) is 0 Å². The van der Waals surface area contributed by atoms with Crippen LogP contribution in [-0.2, 0) is 14.3 Å². The second kappa shape index (κ2) is 55.9. The van der Waals surface area contributed by atoms with Crippen LogP contribution in [0.3, 0.4) is 0 Å². The molecule has 0 aromatic carbocycles. The molecule has 0 aromatic heterocycles. The van der Waals surface area contributed by atoms with Crippen LogP contribution in [0.5, 0.6) is 0 Å². The van der Waals surface area contributed by atoms with Gasteiger partial charge in [-0.25, -0.2) is 0 Å². The molecule has 6 heteroatoms. The van der Waals surface area contributed by atoms with Crippen LogP contribution in [-0.4, -0.2) is 47.4 Å². The van der Waals surface area contributed by atoms with Gasteiger partial charge in [-0.15, -0.1) is 0 Å². The van der Waals surface area contributed by atoms with Crippen molar-refractivity contribution >= 4 is 11.9 Å². The number of aliphatic hydroxyl groups is 2. The molecule has 0 rings (SSSR count). The lowest BCUT2D eigenvalue weighted by Gasteiger charge is -2.22. The predicted octanol–water partition coefficient (Wildman–Crippen LogP) is 18.2. The van der Waals surface area contributed by atoms with E-state index in [-0.39, 0.29) is 18.5 Å². The fourth-order valence-electron chi connectivity index (χ4n) is 9.16. The smallest absolute Gasteiger partial charge is 0.305 e. The minimum atomic E-state index is -0.673. The van der Waals surface area contributed by atoms with Crippen LogP contribution in [0.2, 0.25) is 0 Å². The maximum Gasteiger partial charge on any atom is 0.305 e. The van der Waals surface area contributed by atoms with Crippen molar-refractivity contribution in [2.45, 2.75) is 334 Å². The topological polar surface area (TPSA) is 95.9 Å². The van der Waals surface area contributed by atoms with Crippen molar-refractivity contribution < 1.29 is 24.5 Å². The van der Waals surface area contributed by atoms with Gasteiger partial charge in [0.2, 0.25) is 5.91 Å². The molecule has 0 saturated carbocycles. The summed E-state index contributed by atoms with van der Waals surface area (Å²) in [5, 5.41) is 23.3. The standard InChI is InChI=1S/C60H115NO5/c1-3-5-7-9-11-13-15-17-18-19-20-23-26-29-32-36-40-44-48-52-58(63)57(56-62)61-59(64)53-49-45-41-37-33-30-27-24-21-22-25-28-31-35-39-43-47-51-55-66-60(65)54-50-46-42-38-34-16-14-12-10-8-6-4-2/h12,14,24,27,57-58,62-63H,3-11,13,15-23,25-26,28-56H2,1-2H3,(H,61,64)/b14-12-,27-24-. The summed E-state index contributed by atoms with van der Waals surface area (Å²) in [6.07, 6.45) is 67.4. The van der Waals surface area contributed by atoms with E-state index in [2.05, 4.69) is 43.5 Å². The first-order valence-electron chi connectivity index (χ1n) is 29.6. The van der Waals surface area contributed by atoms with Crippen molar-refractivity contribution in [2.24, 2.45) is 0 Å². The molecule has 1 amide bonds. The average molecular weight is 931 g/mol. The Morgan fingerprint density at radius 1 is 0.409 bits per heavy atom. The summed E-state index contributed by atoms with van der Waals surface area (Å²) in [7, 11) is 0. The molecule has 0 aliphatic heterocycles. The van der Waals surface area contributed by atoms with Crippen LogP contribution < -0.4 is 5.32 Å². The lowest BCUT2D eigenvalue weighted by Crippen LogP contribution is -2.45. The van der Waals surface area contributed by atoms with Crippen molar-refractivity contribution in [3.8, 4) is 0 Å². The van der Waals surface area contributed by atoms with E-state index < -0.39 is 12.1 Å². The Labute approximate surface area is 411 Å². The highest BCUT2D eigenvalue weighted by Crippen LogP contribution is 2.17. The van der Waals surface area contributed by atoms with Gasteiger partial charge in [-0.2, -0.15) is 0 Å². The molecule has 66 heavy (non-hydrogen) atoms. The van der Waals surface area contributed by atoms with E-state index in [1.54, 1.807) is 0 Å². The Hall–Kier alpha value is -1.66. The molecule has 2 atom stereocenters. The number of hydrogen-bond acceptors (Lipinski definition) is 5. The monoisotopic (exact) mass is 930 g/mol. The second-order valence-corrected chi connectivity index (χ2v) is 20.3. The van der Waals surface area contributed by atoms with Crippen LogP contribution in [0.25, 0.3) is 0 Å². The van der Waals surface area contributed by atoms with Crippen LogP contribution >= 0.6 is 0 Å². The molecule has 0 spiro atoms. The van der Waals surface area contributed by atoms with E-state index in [1.165, 1.54) is 231 Å². The van der Waals surface area contributed by atoms with Gasteiger partial charge in [0, 0.05) is 12.8 Å². The number of carbonyl (C=O) groups excluding carboxylic acids is 2. The molecular formula is C60H115NO5. The summed E-state index contributed by atoms with van der Waals surface area (Å²) < 4.78 is 5.46. The summed E-state index contributed by atoms with van der Waals surface area (Å²) in [6, 6.07) is -0.552. The maximum absolute atomic E-state index is 12.5. The third-order valence-electron chi connectivity index (χ3n) is 13.7. The summed E-state index contributed by atoms with van der Waals surface area (Å²) in [4.78, 5) is 24.5. The van der Waals surface area contributed by atoms with Crippen LogP contribution in [0.15, 0.2) is 24.3 Å². The van der Waals surface area contributed by atoms with Gasteiger partial charge < -0.3 is 20.3 Å². The first-order chi connectivity index (χ1) is 32.5. The Kier molecular flexibility index (Phi) is 54.5. The summed E-state index contributed by atoms with van der Waals surface area (Å²) >= 11 is 0. The zero-order valence-electron chi connectivity index (χ0n) is 44.4. The lowest BCUT2D eigenvalue weighted by atomic mass is 10.0. The minimum absolute atomic E-state index is 0.00678. The summed E-state index contributed by atoms with van der Waals surface area (Å²) in [5.74, 6) is -0.0538. The lowest BCUT2D eigenvalue weighted by molar-refractivity contribution is -0.143. The Morgan fingerprint density at radius 3 is 1.11 bits per heavy atom. The van der Waals surface area contributed by atoms with Crippen molar-refractivity contribution in [1.82, 2.24) is 5.32 Å². The highest BCUT2D eigenvalue weighted by Gasteiger charge is 2.20. The fourth-order valence-corrected chi connectivity index (χ4v) is 9.16. The Bertz CT molecular complexity index is 1030. The number of hydrogen-bond donors (Lipinski definition) is 3. The van der Waals surface area contributed by atoms with Gasteiger partial charge in [0.05, 0.1) is 25.4 Å². The minimum Gasteiger partial charge on any atom is -0.466 e. The van der Waals surface area contributed by atoms with E-state index in [4.69, 9.17) is 4.74 Å². The molecule has 0 saturated heterocycles. The molecule has 6 nitrogen and oxygen atoms in total. The molecule has 0 aliphatic rings. The highest BCUT2D eigenvalue weighted by molar-refractivity contribution is 5.76. The maximum atomic E-state index is 12.5. The van der Waals surface area contributed by atoms with E-state index >= 15 is 0 Å². The zero-order chi connectivity index (χ0) is 47.9. The molecule has 0 heterocycles. The van der Waals surface area contributed by atoms with Gasteiger partial charge >= 0.3 is 5.97 Å². The number of rotatable bonds is 55. The first-order valence-corrected chi connectivity index (χ1v) is 29.6. The summed E-state index contributed by atoms with van der Waals surface area (Å²) in [6.45, 7) is 4.93. The second-order valence-electron chi connectivity index (χ2n) is 20.3. The van der Waals surface area contributed by atoms with Gasteiger partial charge in [0.1, 0.15) is 0 Å². The first kappa shape index (κ1) is 64.3. The SMILES string of the molecule is CCCCC/C=C\CCCCCCCC(=O)OCCCCCCCCCCC/C=C\CCCCCCCC(=O)NC(CO)C(O)CCCCCCCCCCCCCCCCCCCCC. The van der Waals surface area contributed by atoms with E-state index in [0.29, 0.717) is 25.9 Å². The van der Waals surface area contributed by atoms with Crippen LogP contribution in [0.1, 0.15) is 322 Å². The quantitative estimate of drug-likeness (QED) is 0.0321. The van der Waals surface area contributed by atoms with Crippen LogP contribution in [0, 0.1) is 0 Å². The van der Waals surface area contributed by atoms with Crippen molar-refractivity contribution in [3.63, 3.8) is 0 Å². The average Bonchev–Trinajstić information content (AvgIpc) is 3.32. The normalized spacial score (nSPS) is 12.7. The number of nitrogens with one attached hydrogen (secondary N) is 1. The number of unbranched alkanes of at least 4 members (excludes halogenated alkanes) is 40. The van der Waals surface area contributed by atoms with E-state index in [9.17, 15) is 19.8 Å². The molecule has 0 aliphatic carbocycles. The van der Waals surface area contributed by atoms with Crippen molar-refractivity contribution in [3.05, 3.63) is 24.3 Å². The molecule has 0 radical (unpaired) electrons. The van der Waals surface area contributed by atoms with Crippen molar-refractivity contribution in [2.75, 3.05) is 13.2 Å². The van der Waals surface area contributed by atoms with Gasteiger partial charge in [0.25, 0.3) is 0 Å². The number of ether oxygens (including phenoxy) is 1. The zero-order valence-corrected chi connectivity index (χ0v) is 44.4. The fraction of sp³-hybridized carbons (Fsp3) is 0.900. The largest absolute Gasteiger partial charge is 0.466 e. The number of carbonyl (C=O) groups is 2. The number of allylic oxidation sites excluding steroid dienone is 4. The third-order valence-corrected chi connectivity index (χ3v) is 13.7. The highest BCUT2D eigenvalue weighted by atomic mass is 16.5. The molecule has 0 aromatic rings. The van der Waals surface area contributed by atoms with E-state index in [0.717, 1.165) is 57.8 Å². The van der Waals surface area contributed by atoms with Crippen LogP contribution in [0.4, 0.5) is 0 Å². The van der Waals surface area contributed by atoms with Gasteiger partial charge in [-0.1, -0.05) is 256 Å². The van der Waals surface area contributed by atoms with Gasteiger partial charge in [-0.3, -0.25) is 9.59 Å². The number of aliphatic hydroxyl groups excluding tert-OH is 2. The Balaban J connectivity index is 3.46. The predicted molar refractivity (Wildman–Crippen MR) is 287 cm³/mol. The number of amides is 1. The number of esters is 1. The third kappa shape index (κ3) is 51.7. The molecule has 0 bridgehead atoms.